The number of hydrogen-bond donors (Lipinski definition) is 1. The van der Waals surface area contributed by atoms with Crippen molar-refractivity contribution in [3.63, 3.8) is 0 Å². The first kappa shape index (κ1) is 18.6. The fraction of sp³-hybridized carbons (Fsp3) is 0.300. The quantitative estimate of drug-likeness (QED) is 0.870. The molecule has 7 nitrogen and oxygen atoms in total. The van der Waals surface area contributed by atoms with Crippen LogP contribution in [0.4, 0.5) is 5.69 Å². The SMILES string of the molecule is COc1ccc(N2CCN(C(=O)c3ccc(C(=O)O)cc3)CC2)c(OC)c1. The standard InChI is InChI=1S/C20H22N2O5/c1-26-16-7-8-17(18(13-16)27-2)21-9-11-22(12-10-21)19(23)14-3-5-15(6-4-14)20(24)25/h3-8,13H,9-12H2,1-2H3,(H,24,25). The predicted molar refractivity (Wildman–Crippen MR) is 101 cm³/mol. The second kappa shape index (κ2) is 7.99. The Morgan fingerprint density at radius 2 is 1.52 bits per heavy atom. The van der Waals surface area contributed by atoms with E-state index >= 15 is 0 Å². The molecule has 1 saturated heterocycles. The van der Waals surface area contributed by atoms with Crippen molar-refractivity contribution >= 4 is 17.6 Å². The molecule has 0 saturated carbocycles. The molecule has 0 atom stereocenters. The van der Waals surface area contributed by atoms with E-state index < -0.39 is 5.97 Å². The third-order valence-electron chi connectivity index (χ3n) is 4.67. The summed E-state index contributed by atoms with van der Waals surface area (Å²) in [5, 5.41) is 8.96. The molecule has 0 radical (unpaired) electrons. The van der Waals surface area contributed by atoms with E-state index in [0.29, 0.717) is 31.7 Å². The van der Waals surface area contributed by atoms with Gasteiger partial charge in [-0.15, -0.1) is 0 Å². The van der Waals surface area contributed by atoms with Gasteiger partial charge in [0, 0.05) is 37.8 Å². The van der Waals surface area contributed by atoms with Gasteiger partial charge in [0.25, 0.3) is 5.91 Å². The topological polar surface area (TPSA) is 79.3 Å². The van der Waals surface area contributed by atoms with E-state index in [1.54, 1.807) is 31.3 Å². The van der Waals surface area contributed by atoms with Gasteiger partial charge in [-0.25, -0.2) is 4.79 Å². The molecule has 142 valence electrons. The molecule has 1 amide bonds. The van der Waals surface area contributed by atoms with Crippen molar-refractivity contribution in [3.05, 3.63) is 53.6 Å². The van der Waals surface area contributed by atoms with Crippen molar-refractivity contribution in [2.75, 3.05) is 45.3 Å². The molecular formula is C20H22N2O5. The van der Waals surface area contributed by atoms with Crippen molar-refractivity contribution in [3.8, 4) is 11.5 Å². The van der Waals surface area contributed by atoms with Crippen LogP contribution in [0.3, 0.4) is 0 Å². The number of piperazine rings is 1. The Bertz CT molecular complexity index is 827. The summed E-state index contributed by atoms with van der Waals surface area (Å²) >= 11 is 0. The fourth-order valence-corrected chi connectivity index (χ4v) is 3.13. The molecule has 0 aliphatic carbocycles. The maximum absolute atomic E-state index is 12.6. The zero-order valence-electron chi connectivity index (χ0n) is 15.3. The van der Waals surface area contributed by atoms with E-state index in [4.69, 9.17) is 14.6 Å². The third kappa shape index (κ3) is 3.97. The summed E-state index contributed by atoms with van der Waals surface area (Å²) in [6, 6.07) is 11.7. The number of carboxylic acid groups (broad SMARTS) is 1. The van der Waals surface area contributed by atoms with Gasteiger partial charge in [0.2, 0.25) is 0 Å². The molecule has 1 fully saturated rings. The molecule has 27 heavy (non-hydrogen) atoms. The van der Waals surface area contributed by atoms with Crippen molar-refractivity contribution in [1.29, 1.82) is 0 Å². The van der Waals surface area contributed by atoms with Gasteiger partial charge in [-0.1, -0.05) is 0 Å². The molecule has 1 aliphatic heterocycles. The van der Waals surface area contributed by atoms with Crippen LogP contribution < -0.4 is 14.4 Å². The van der Waals surface area contributed by atoms with Crippen molar-refractivity contribution < 1.29 is 24.2 Å². The normalized spacial score (nSPS) is 14.0. The molecule has 3 rings (SSSR count). The molecule has 1 N–H and O–H groups in total. The van der Waals surface area contributed by atoms with Gasteiger partial charge in [0.1, 0.15) is 11.5 Å². The lowest BCUT2D eigenvalue weighted by molar-refractivity contribution is 0.0693. The molecule has 7 heteroatoms. The first-order chi connectivity index (χ1) is 13.0. The monoisotopic (exact) mass is 370 g/mol. The number of benzene rings is 2. The molecule has 0 unspecified atom stereocenters. The van der Waals surface area contributed by atoms with E-state index in [0.717, 1.165) is 17.2 Å². The largest absolute Gasteiger partial charge is 0.497 e. The lowest BCUT2D eigenvalue weighted by atomic mass is 10.1. The van der Waals surface area contributed by atoms with Gasteiger partial charge in [-0.3, -0.25) is 4.79 Å². The van der Waals surface area contributed by atoms with Crippen LogP contribution in [0.15, 0.2) is 42.5 Å². The molecule has 0 aromatic heterocycles. The molecule has 0 spiro atoms. The Kier molecular flexibility index (Phi) is 5.49. The number of carbonyl (C=O) groups excluding carboxylic acids is 1. The highest BCUT2D eigenvalue weighted by molar-refractivity contribution is 5.96. The maximum Gasteiger partial charge on any atom is 0.335 e. The Morgan fingerprint density at radius 1 is 0.889 bits per heavy atom. The fourth-order valence-electron chi connectivity index (χ4n) is 3.13. The lowest BCUT2D eigenvalue weighted by Crippen LogP contribution is -2.48. The van der Waals surface area contributed by atoms with Crippen LogP contribution in [0.1, 0.15) is 20.7 Å². The average molecular weight is 370 g/mol. The highest BCUT2D eigenvalue weighted by atomic mass is 16.5. The van der Waals surface area contributed by atoms with E-state index in [1.165, 1.54) is 12.1 Å². The maximum atomic E-state index is 12.6. The van der Waals surface area contributed by atoms with E-state index in [2.05, 4.69) is 4.90 Å². The highest BCUT2D eigenvalue weighted by Gasteiger charge is 2.24. The predicted octanol–water partition coefficient (Wildman–Crippen LogP) is 2.36. The van der Waals surface area contributed by atoms with Crippen LogP contribution in [-0.4, -0.2) is 62.3 Å². The average Bonchev–Trinajstić information content (AvgIpc) is 2.73. The van der Waals surface area contributed by atoms with E-state index in [9.17, 15) is 9.59 Å². The zero-order chi connectivity index (χ0) is 19.4. The third-order valence-corrected chi connectivity index (χ3v) is 4.67. The van der Waals surface area contributed by atoms with Gasteiger partial charge in [0.05, 0.1) is 25.5 Å². The number of carbonyl (C=O) groups is 2. The number of hydrogen-bond acceptors (Lipinski definition) is 5. The number of ether oxygens (including phenoxy) is 2. The number of methoxy groups -OCH3 is 2. The van der Waals surface area contributed by atoms with Crippen molar-refractivity contribution in [2.45, 2.75) is 0 Å². The van der Waals surface area contributed by atoms with Crippen LogP contribution in [-0.2, 0) is 0 Å². The number of anilines is 1. The zero-order valence-corrected chi connectivity index (χ0v) is 15.3. The van der Waals surface area contributed by atoms with Gasteiger partial charge in [0.15, 0.2) is 0 Å². The number of nitrogens with zero attached hydrogens (tertiary/aromatic N) is 2. The van der Waals surface area contributed by atoms with Crippen LogP contribution in [0.25, 0.3) is 0 Å². The number of aromatic carboxylic acids is 1. The molecule has 1 heterocycles. The second-order valence-electron chi connectivity index (χ2n) is 6.20. The minimum atomic E-state index is -1.00. The van der Waals surface area contributed by atoms with Crippen LogP contribution in [0.5, 0.6) is 11.5 Å². The summed E-state index contributed by atoms with van der Waals surface area (Å²) in [5.41, 5.74) is 1.63. The van der Waals surface area contributed by atoms with Crippen LogP contribution in [0, 0.1) is 0 Å². The Balaban J connectivity index is 1.66. The first-order valence-electron chi connectivity index (χ1n) is 8.63. The van der Waals surface area contributed by atoms with Gasteiger partial charge >= 0.3 is 5.97 Å². The number of rotatable bonds is 5. The van der Waals surface area contributed by atoms with Gasteiger partial charge < -0.3 is 24.4 Å². The smallest absolute Gasteiger partial charge is 0.335 e. The van der Waals surface area contributed by atoms with Gasteiger partial charge in [-0.05, 0) is 36.4 Å². The first-order valence-corrected chi connectivity index (χ1v) is 8.63. The van der Waals surface area contributed by atoms with Crippen LogP contribution >= 0.6 is 0 Å². The summed E-state index contributed by atoms with van der Waals surface area (Å²) in [4.78, 5) is 27.5. The molecule has 2 aromatic rings. The number of carboxylic acids is 1. The summed E-state index contributed by atoms with van der Waals surface area (Å²) in [7, 11) is 3.24. The second-order valence-corrected chi connectivity index (χ2v) is 6.20. The number of amides is 1. The summed E-state index contributed by atoms with van der Waals surface area (Å²) in [6.07, 6.45) is 0. The molecule has 1 aliphatic rings. The Morgan fingerprint density at radius 3 is 2.07 bits per heavy atom. The molecular weight excluding hydrogens is 348 g/mol. The molecule has 0 bridgehead atoms. The minimum absolute atomic E-state index is 0.0896. The highest BCUT2D eigenvalue weighted by Crippen LogP contribution is 2.32. The minimum Gasteiger partial charge on any atom is -0.497 e. The Hall–Kier alpha value is -3.22. The van der Waals surface area contributed by atoms with E-state index in [-0.39, 0.29) is 11.5 Å². The van der Waals surface area contributed by atoms with Gasteiger partial charge in [-0.2, -0.15) is 0 Å². The van der Waals surface area contributed by atoms with Crippen molar-refractivity contribution in [1.82, 2.24) is 4.90 Å². The molecule has 2 aromatic carbocycles. The lowest BCUT2D eigenvalue weighted by Gasteiger charge is -2.36. The summed E-state index contributed by atoms with van der Waals surface area (Å²) in [6.45, 7) is 2.52. The Labute approximate surface area is 157 Å². The summed E-state index contributed by atoms with van der Waals surface area (Å²) in [5.74, 6) is 0.372. The van der Waals surface area contributed by atoms with Crippen LogP contribution in [0.2, 0.25) is 0 Å². The van der Waals surface area contributed by atoms with E-state index in [1.807, 2.05) is 18.2 Å². The summed E-state index contributed by atoms with van der Waals surface area (Å²) < 4.78 is 10.7. The van der Waals surface area contributed by atoms with Crippen molar-refractivity contribution in [2.24, 2.45) is 0 Å².